The fourth-order valence-corrected chi connectivity index (χ4v) is 1.34. The first kappa shape index (κ1) is 11.7. The van der Waals surface area contributed by atoms with Gasteiger partial charge in [-0.25, -0.2) is 0 Å². The lowest BCUT2D eigenvalue weighted by molar-refractivity contribution is 0.0693. The van der Waals surface area contributed by atoms with Crippen LogP contribution in [0.1, 0.15) is 38.3 Å². The number of aromatic hydroxyl groups is 1. The molecule has 0 aliphatic carbocycles. The Morgan fingerprint density at radius 3 is 2.67 bits per heavy atom. The Labute approximate surface area is 88.1 Å². The molecule has 1 aromatic rings. The van der Waals surface area contributed by atoms with Gasteiger partial charge >= 0.3 is 0 Å². The standard InChI is InChI=1S/C10H16N2O3/c1-4-7-9(13)11-8(12-10(7)14)6(3)15-5-2/h6H,4-5H2,1-3H3,(H2,11,12,13,14). The number of nitrogens with one attached hydrogen (secondary N) is 1. The van der Waals surface area contributed by atoms with E-state index in [9.17, 15) is 9.90 Å². The molecule has 84 valence electrons. The van der Waals surface area contributed by atoms with E-state index in [4.69, 9.17) is 4.74 Å². The van der Waals surface area contributed by atoms with E-state index in [1.807, 2.05) is 6.92 Å². The van der Waals surface area contributed by atoms with Gasteiger partial charge < -0.3 is 14.8 Å². The molecule has 0 saturated heterocycles. The fourth-order valence-electron chi connectivity index (χ4n) is 1.34. The van der Waals surface area contributed by atoms with Crippen LogP contribution in [-0.4, -0.2) is 21.7 Å². The van der Waals surface area contributed by atoms with Crippen molar-refractivity contribution in [2.45, 2.75) is 33.3 Å². The average Bonchev–Trinajstić information content (AvgIpc) is 2.17. The Morgan fingerprint density at radius 2 is 2.20 bits per heavy atom. The van der Waals surface area contributed by atoms with Gasteiger partial charge in [-0.2, -0.15) is 4.98 Å². The minimum atomic E-state index is -0.320. The molecule has 0 aliphatic heterocycles. The van der Waals surface area contributed by atoms with Crippen molar-refractivity contribution in [1.29, 1.82) is 0 Å². The van der Waals surface area contributed by atoms with E-state index in [-0.39, 0.29) is 17.5 Å². The molecule has 0 aromatic carbocycles. The van der Waals surface area contributed by atoms with Crippen LogP contribution in [0.3, 0.4) is 0 Å². The number of ether oxygens (including phenoxy) is 1. The molecule has 0 bridgehead atoms. The molecule has 1 heterocycles. The minimum Gasteiger partial charge on any atom is -0.493 e. The molecule has 15 heavy (non-hydrogen) atoms. The third-order valence-corrected chi connectivity index (χ3v) is 2.17. The van der Waals surface area contributed by atoms with Gasteiger partial charge in [0.15, 0.2) is 0 Å². The summed E-state index contributed by atoms with van der Waals surface area (Å²) in [5.74, 6) is 0.152. The van der Waals surface area contributed by atoms with Crippen molar-refractivity contribution in [3.8, 4) is 5.88 Å². The summed E-state index contributed by atoms with van der Waals surface area (Å²) in [6, 6.07) is 0. The van der Waals surface area contributed by atoms with Gasteiger partial charge in [-0.15, -0.1) is 0 Å². The molecule has 1 unspecified atom stereocenters. The monoisotopic (exact) mass is 212 g/mol. The number of rotatable bonds is 4. The molecule has 1 rings (SSSR count). The van der Waals surface area contributed by atoms with Crippen LogP contribution < -0.4 is 5.56 Å². The molecule has 0 aliphatic rings. The van der Waals surface area contributed by atoms with Crippen LogP contribution in [0.25, 0.3) is 0 Å². The topological polar surface area (TPSA) is 75.2 Å². The summed E-state index contributed by atoms with van der Waals surface area (Å²) in [5, 5.41) is 9.50. The van der Waals surface area contributed by atoms with Gasteiger partial charge in [0.25, 0.3) is 5.56 Å². The Bertz CT molecular complexity index is 387. The number of H-pyrrole nitrogens is 1. The summed E-state index contributed by atoms with van der Waals surface area (Å²) >= 11 is 0. The maximum atomic E-state index is 11.5. The number of aromatic nitrogens is 2. The molecule has 1 atom stereocenters. The lowest BCUT2D eigenvalue weighted by Gasteiger charge is -2.11. The average molecular weight is 212 g/mol. The van der Waals surface area contributed by atoms with Gasteiger partial charge in [-0.1, -0.05) is 6.92 Å². The highest BCUT2D eigenvalue weighted by Gasteiger charge is 2.13. The Hall–Kier alpha value is -1.36. The molecule has 2 N–H and O–H groups in total. The van der Waals surface area contributed by atoms with Crippen molar-refractivity contribution in [2.24, 2.45) is 0 Å². The van der Waals surface area contributed by atoms with Crippen molar-refractivity contribution in [2.75, 3.05) is 6.61 Å². The second-order valence-electron chi connectivity index (χ2n) is 3.20. The zero-order valence-electron chi connectivity index (χ0n) is 9.20. The third kappa shape index (κ3) is 2.56. The largest absolute Gasteiger partial charge is 0.493 e. The summed E-state index contributed by atoms with van der Waals surface area (Å²) < 4.78 is 5.27. The molecule has 0 saturated carbocycles. The molecule has 0 fully saturated rings. The number of nitrogens with zero attached hydrogens (tertiary/aromatic N) is 1. The molecule has 5 heteroatoms. The molecular weight excluding hydrogens is 196 g/mol. The maximum absolute atomic E-state index is 11.5. The van der Waals surface area contributed by atoms with Crippen LogP contribution >= 0.6 is 0 Å². The zero-order chi connectivity index (χ0) is 11.4. The second kappa shape index (κ2) is 4.93. The first-order valence-corrected chi connectivity index (χ1v) is 5.03. The lowest BCUT2D eigenvalue weighted by Crippen LogP contribution is -2.18. The van der Waals surface area contributed by atoms with Gasteiger partial charge in [0, 0.05) is 6.61 Å². The SMILES string of the molecule is CCOC(C)c1nc(O)c(CC)c(=O)[nH]1. The first-order chi connectivity index (χ1) is 7.10. The molecule has 0 radical (unpaired) electrons. The fraction of sp³-hybridized carbons (Fsp3) is 0.600. The van der Waals surface area contributed by atoms with Crippen molar-refractivity contribution in [1.82, 2.24) is 9.97 Å². The van der Waals surface area contributed by atoms with Gasteiger partial charge in [-0.3, -0.25) is 4.79 Å². The zero-order valence-corrected chi connectivity index (χ0v) is 9.20. The number of hydrogen-bond donors (Lipinski definition) is 2. The van der Waals surface area contributed by atoms with Gasteiger partial charge in [0.1, 0.15) is 11.9 Å². The predicted octanol–water partition coefficient (Wildman–Crippen LogP) is 1.14. The highest BCUT2D eigenvalue weighted by atomic mass is 16.5. The number of aromatic amines is 1. The molecule has 0 spiro atoms. The van der Waals surface area contributed by atoms with Crippen LogP contribution in [0.2, 0.25) is 0 Å². The van der Waals surface area contributed by atoms with Crippen LogP contribution in [0.15, 0.2) is 4.79 Å². The van der Waals surface area contributed by atoms with E-state index in [2.05, 4.69) is 9.97 Å². The Balaban J connectivity index is 3.08. The lowest BCUT2D eigenvalue weighted by atomic mass is 10.2. The highest BCUT2D eigenvalue weighted by Crippen LogP contribution is 2.15. The van der Waals surface area contributed by atoms with E-state index in [0.29, 0.717) is 24.4 Å². The van der Waals surface area contributed by atoms with Crippen LogP contribution in [0.5, 0.6) is 5.88 Å². The Morgan fingerprint density at radius 1 is 1.53 bits per heavy atom. The normalized spacial score (nSPS) is 12.7. The van der Waals surface area contributed by atoms with Crippen molar-refractivity contribution in [3.63, 3.8) is 0 Å². The van der Waals surface area contributed by atoms with Gasteiger partial charge in [0.2, 0.25) is 5.88 Å². The van der Waals surface area contributed by atoms with Gasteiger partial charge in [-0.05, 0) is 20.3 Å². The Kier molecular flexibility index (Phi) is 3.85. The summed E-state index contributed by atoms with van der Waals surface area (Å²) in [7, 11) is 0. The second-order valence-corrected chi connectivity index (χ2v) is 3.20. The van der Waals surface area contributed by atoms with E-state index in [0.717, 1.165) is 0 Å². The molecular formula is C10H16N2O3. The summed E-state index contributed by atoms with van der Waals surface area (Å²) in [6.07, 6.45) is 0.136. The van der Waals surface area contributed by atoms with Crippen molar-refractivity contribution >= 4 is 0 Å². The van der Waals surface area contributed by atoms with E-state index < -0.39 is 0 Å². The van der Waals surface area contributed by atoms with Crippen LogP contribution in [0, 0.1) is 0 Å². The summed E-state index contributed by atoms with van der Waals surface area (Å²) in [5.41, 5.74) is 0.00833. The first-order valence-electron chi connectivity index (χ1n) is 5.03. The van der Waals surface area contributed by atoms with Crippen LogP contribution in [0.4, 0.5) is 0 Å². The minimum absolute atomic E-state index is 0.206. The van der Waals surface area contributed by atoms with Crippen molar-refractivity contribution in [3.05, 3.63) is 21.7 Å². The number of hydrogen-bond acceptors (Lipinski definition) is 4. The molecule has 5 nitrogen and oxygen atoms in total. The van der Waals surface area contributed by atoms with Crippen LogP contribution in [-0.2, 0) is 11.2 Å². The maximum Gasteiger partial charge on any atom is 0.257 e. The quantitative estimate of drug-likeness (QED) is 0.784. The summed E-state index contributed by atoms with van der Waals surface area (Å²) in [4.78, 5) is 18.0. The van der Waals surface area contributed by atoms with E-state index in [1.54, 1.807) is 13.8 Å². The van der Waals surface area contributed by atoms with Crippen molar-refractivity contribution < 1.29 is 9.84 Å². The van der Waals surface area contributed by atoms with E-state index in [1.165, 1.54) is 0 Å². The third-order valence-electron chi connectivity index (χ3n) is 2.17. The summed E-state index contributed by atoms with van der Waals surface area (Å²) in [6.45, 7) is 5.94. The van der Waals surface area contributed by atoms with Gasteiger partial charge in [0.05, 0.1) is 5.56 Å². The molecule has 1 aromatic heterocycles. The van der Waals surface area contributed by atoms with E-state index >= 15 is 0 Å². The molecule has 0 amide bonds. The smallest absolute Gasteiger partial charge is 0.257 e. The highest BCUT2D eigenvalue weighted by molar-refractivity contribution is 5.22. The predicted molar refractivity (Wildman–Crippen MR) is 55.9 cm³/mol.